The quantitative estimate of drug-likeness (QED) is 0.735. The van der Waals surface area contributed by atoms with Gasteiger partial charge in [-0.25, -0.2) is 0 Å². The number of hydrogen-bond acceptors (Lipinski definition) is 3. The van der Waals surface area contributed by atoms with E-state index in [1.165, 1.54) is 11.8 Å². The number of para-hydroxylation sites is 1. The Kier molecular flexibility index (Phi) is 6.63. The van der Waals surface area contributed by atoms with Gasteiger partial charge in [-0.05, 0) is 37.3 Å². The van der Waals surface area contributed by atoms with E-state index in [1.54, 1.807) is 31.3 Å². The van der Waals surface area contributed by atoms with Gasteiger partial charge in [0.1, 0.15) is 0 Å². The molecule has 0 bridgehead atoms. The highest BCUT2D eigenvalue weighted by molar-refractivity contribution is 6.04. The van der Waals surface area contributed by atoms with E-state index in [0.29, 0.717) is 30.1 Å². The van der Waals surface area contributed by atoms with E-state index in [9.17, 15) is 14.4 Å². The molecule has 0 aromatic heterocycles. The Morgan fingerprint density at radius 3 is 2.33 bits per heavy atom. The van der Waals surface area contributed by atoms with Crippen LogP contribution in [0.2, 0.25) is 0 Å². The maximum atomic E-state index is 12.8. The van der Waals surface area contributed by atoms with Crippen molar-refractivity contribution >= 4 is 23.4 Å². The van der Waals surface area contributed by atoms with E-state index in [1.807, 2.05) is 6.92 Å². The number of anilines is 1. The fraction of sp³-hybridized carbons (Fsp3) is 0.571. The Bertz CT molecular complexity index is 710. The monoisotopic (exact) mass is 373 g/mol. The van der Waals surface area contributed by atoms with Crippen LogP contribution in [-0.2, 0) is 9.59 Å². The molecule has 2 rings (SSSR count). The smallest absolute Gasteiger partial charge is 0.253 e. The summed E-state index contributed by atoms with van der Waals surface area (Å²) in [6.07, 6.45) is 2.57. The van der Waals surface area contributed by atoms with Crippen molar-refractivity contribution in [3.05, 3.63) is 29.8 Å². The number of carbonyl (C=O) groups excluding carboxylic acids is 3. The summed E-state index contributed by atoms with van der Waals surface area (Å²) in [5.74, 6) is 0.0193. The van der Waals surface area contributed by atoms with Crippen LogP contribution < -0.4 is 15.5 Å². The molecule has 0 spiro atoms. The minimum atomic E-state index is -0.246. The molecule has 0 radical (unpaired) electrons. The maximum Gasteiger partial charge on any atom is 0.253 e. The lowest BCUT2D eigenvalue weighted by atomic mass is 9.91. The zero-order valence-corrected chi connectivity index (χ0v) is 17.0. The molecule has 148 valence electrons. The van der Waals surface area contributed by atoms with Crippen LogP contribution in [0.15, 0.2) is 24.3 Å². The Balaban J connectivity index is 2.01. The predicted octanol–water partition coefficient (Wildman–Crippen LogP) is 2.73. The van der Waals surface area contributed by atoms with Gasteiger partial charge in [-0.15, -0.1) is 0 Å². The van der Waals surface area contributed by atoms with Gasteiger partial charge in [0.15, 0.2) is 0 Å². The second kappa shape index (κ2) is 8.55. The second-order valence-corrected chi connectivity index (χ2v) is 7.69. The zero-order valence-electron chi connectivity index (χ0n) is 17.0. The van der Waals surface area contributed by atoms with Crippen LogP contribution >= 0.6 is 0 Å². The summed E-state index contributed by atoms with van der Waals surface area (Å²) in [5.41, 5.74) is 0.790. The third kappa shape index (κ3) is 4.67. The van der Waals surface area contributed by atoms with Gasteiger partial charge in [0.05, 0.1) is 16.7 Å². The van der Waals surface area contributed by atoms with Crippen molar-refractivity contribution < 1.29 is 14.4 Å². The Morgan fingerprint density at radius 2 is 1.81 bits per heavy atom. The molecule has 6 nitrogen and oxygen atoms in total. The number of hydrogen-bond donors (Lipinski definition) is 2. The molecule has 3 amide bonds. The van der Waals surface area contributed by atoms with Gasteiger partial charge in [0.2, 0.25) is 11.8 Å². The van der Waals surface area contributed by atoms with Gasteiger partial charge < -0.3 is 15.5 Å². The molecule has 27 heavy (non-hydrogen) atoms. The Labute approximate surface area is 161 Å². The molecule has 1 aromatic carbocycles. The number of amides is 3. The largest absolute Gasteiger partial charge is 0.354 e. The number of rotatable bonds is 8. The molecule has 1 aliphatic carbocycles. The molecular formula is C21H31N3O3. The summed E-state index contributed by atoms with van der Waals surface area (Å²) in [5, 5.41) is 5.99. The summed E-state index contributed by atoms with van der Waals surface area (Å²) < 4.78 is 0. The fourth-order valence-electron chi connectivity index (χ4n) is 3.28. The lowest BCUT2D eigenvalue weighted by Crippen LogP contribution is -2.46. The first-order valence-corrected chi connectivity index (χ1v) is 9.65. The van der Waals surface area contributed by atoms with Gasteiger partial charge in [0, 0.05) is 26.6 Å². The predicted molar refractivity (Wildman–Crippen MR) is 107 cm³/mol. The van der Waals surface area contributed by atoms with Crippen LogP contribution in [0.1, 0.15) is 57.3 Å². The van der Waals surface area contributed by atoms with E-state index in [4.69, 9.17) is 0 Å². The number of benzene rings is 1. The Morgan fingerprint density at radius 1 is 1.19 bits per heavy atom. The van der Waals surface area contributed by atoms with Gasteiger partial charge in [-0.1, -0.05) is 32.9 Å². The summed E-state index contributed by atoms with van der Waals surface area (Å²) in [4.78, 5) is 38.4. The molecule has 1 saturated carbocycles. The zero-order chi connectivity index (χ0) is 20.2. The van der Waals surface area contributed by atoms with E-state index in [0.717, 1.165) is 12.8 Å². The molecule has 0 saturated heterocycles. The molecule has 1 fully saturated rings. The minimum Gasteiger partial charge on any atom is -0.354 e. The van der Waals surface area contributed by atoms with Gasteiger partial charge in [-0.2, -0.15) is 0 Å². The highest BCUT2D eigenvalue weighted by atomic mass is 16.2. The average Bonchev–Trinajstić information content (AvgIpc) is 3.46. The molecule has 1 atom stereocenters. The van der Waals surface area contributed by atoms with E-state index >= 15 is 0 Å². The summed E-state index contributed by atoms with van der Waals surface area (Å²) >= 11 is 0. The van der Waals surface area contributed by atoms with E-state index in [-0.39, 0.29) is 29.2 Å². The molecule has 2 N–H and O–H groups in total. The van der Waals surface area contributed by atoms with E-state index < -0.39 is 0 Å². The van der Waals surface area contributed by atoms with Crippen LogP contribution in [0, 0.1) is 11.3 Å². The number of carbonyl (C=O) groups is 3. The van der Waals surface area contributed by atoms with Crippen molar-refractivity contribution in [1.29, 1.82) is 0 Å². The van der Waals surface area contributed by atoms with Crippen molar-refractivity contribution in [3.63, 3.8) is 0 Å². The second-order valence-electron chi connectivity index (χ2n) is 7.69. The first kappa shape index (κ1) is 20.9. The molecule has 6 heteroatoms. The van der Waals surface area contributed by atoms with Gasteiger partial charge >= 0.3 is 0 Å². The Hall–Kier alpha value is -2.37. The molecular weight excluding hydrogens is 342 g/mol. The molecule has 1 unspecified atom stereocenters. The highest BCUT2D eigenvalue weighted by Gasteiger charge is 2.51. The molecule has 1 aliphatic rings. The lowest BCUT2D eigenvalue weighted by Gasteiger charge is -2.23. The first-order valence-electron chi connectivity index (χ1n) is 9.65. The van der Waals surface area contributed by atoms with Gasteiger partial charge in [0.25, 0.3) is 5.91 Å². The third-order valence-electron chi connectivity index (χ3n) is 5.67. The third-order valence-corrected chi connectivity index (χ3v) is 5.67. The minimum absolute atomic E-state index is 0.0851. The topological polar surface area (TPSA) is 78.5 Å². The standard InChI is InChI=1S/C21H31N3O3/c1-6-16(13-22-20(27)21(11-12-21)14(2)3)23-19(26)17-9-7-8-10-18(17)24(5)15(4)25/h7-10,14,16H,6,11-13H2,1-5H3,(H,22,27)(H,23,26). The first-order chi connectivity index (χ1) is 12.7. The normalized spacial score (nSPS) is 15.8. The summed E-state index contributed by atoms with van der Waals surface area (Å²) in [6, 6.07) is 6.85. The van der Waals surface area contributed by atoms with Crippen molar-refractivity contribution in [1.82, 2.24) is 10.6 Å². The summed E-state index contributed by atoms with van der Waals surface area (Å²) in [6.45, 7) is 7.99. The molecule has 1 aromatic rings. The van der Waals surface area contributed by atoms with Crippen LogP contribution in [0.25, 0.3) is 0 Å². The number of nitrogens with zero attached hydrogens (tertiary/aromatic N) is 1. The number of nitrogens with one attached hydrogen (secondary N) is 2. The average molecular weight is 373 g/mol. The van der Waals surface area contributed by atoms with Crippen LogP contribution in [0.3, 0.4) is 0 Å². The molecule has 0 aliphatic heterocycles. The fourth-order valence-corrected chi connectivity index (χ4v) is 3.28. The highest BCUT2D eigenvalue weighted by Crippen LogP contribution is 2.51. The van der Waals surface area contributed by atoms with Crippen LogP contribution in [0.5, 0.6) is 0 Å². The van der Waals surface area contributed by atoms with Gasteiger partial charge in [-0.3, -0.25) is 14.4 Å². The van der Waals surface area contributed by atoms with Crippen molar-refractivity contribution in [2.45, 2.75) is 53.0 Å². The van der Waals surface area contributed by atoms with Crippen LogP contribution in [-0.4, -0.2) is 37.4 Å². The van der Waals surface area contributed by atoms with Crippen LogP contribution in [0.4, 0.5) is 5.69 Å². The van der Waals surface area contributed by atoms with Crippen molar-refractivity contribution in [3.8, 4) is 0 Å². The van der Waals surface area contributed by atoms with Crippen molar-refractivity contribution in [2.24, 2.45) is 11.3 Å². The summed E-state index contributed by atoms with van der Waals surface area (Å²) in [7, 11) is 1.65. The SMILES string of the molecule is CCC(CNC(=O)C1(C(C)C)CC1)NC(=O)c1ccccc1N(C)C(C)=O. The molecule has 0 heterocycles. The van der Waals surface area contributed by atoms with Crippen molar-refractivity contribution in [2.75, 3.05) is 18.5 Å². The lowest BCUT2D eigenvalue weighted by molar-refractivity contribution is -0.128. The van der Waals surface area contributed by atoms with E-state index in [2.05, 4.69) is 24.5 Å². The maximum absolute atomic E-state index is 12.8.